The molecule has 1 aliphatic rings. The fourth-order valence-electron chi connectivity index (χ4n) is 2.06. The first-order valence-corrected chi connectivity index (χ1v) is 5.73. The molecule has 1 atom stereocenters. The molecular formula is C13H14FNO3. The number of carbonyl (C=O) groups is 2. The van der Waals surface area contributed by atoms with E-state index in [-0.39, 0.29) is 30.3 Å². The smallest absolute Gasteiger partial charge is 0.299 e. The van der Waals surface area contributed by atoms with Crippen molar-refractivity contribution in [2.24, 2.45) is 5.92 Å². The van der Waals surface area contributed by atoms with Crippen molar-refractivity contribution in [3.63, 3.8) is 0 Å². The lowest BCUT2D eigenvalue weighted by Gasteiger charge is -2.20. The van der Waals surface area contributed by atoms with Crippen molar-refractivity contribution in [3.8, 4) is 0 Å². The zero-order valence-corrected chi connectivity index (χ0v) is 10.2. The zero-order valence-electron chi connectivity index (χ0n) is 10.2. The Morgan fingerprint density at radius 2 is 2.06 bits per heavy atom. The Morgan fingerprint density at radius 3 is 2.67 bits per heavy atom. The lowest BCUT2D eigenvalue weighted by Crippen LogP contribution is -2.35. The maximum atomic E-state index is 13.9. The Kier molecular flexibility index (Phi) is 3.17. The van der Waals surface area contributed by atoms with Crippen molar-refractivity contribution in [1.82, 2.24) is 0 Å². The van der Waals surface area contributed by atoms with E-state index in [9.17, 15) is 14.0 Å². The van der Waals surface area contributed by atoms with Crippen molar-refractivity contribution in [2.75, 3.05) is 18.1 Å². The van der Waals surface area contributed by atoms with Gasteiger partial charge in [0.05, 0.1) is 11.3 Å². The van der Waals surface area contributed by atoms with E-state index in [1.165, 1.54) is 12.1 Å². The number of fused-ring (bicyclic) bond motifs is 1. The summed E-state index contributed by atoms with van der Waals surface area (Å²) in [5.41, 5.74) is 0.753. The second-order valence-corrected chi connectivity index (χ2v) is 4.68. The van der Waals surface area contributed by atoms with Gasteiger partial charge in [-0.25, -0.2) is 4.39 Å². The van der Waals surface area contributed by atoms with Gasteiger partial charge in [0.15, 0.2) is 0 Å². The minimum absolute atomic E-state index is 0.0379. The summed E-state index contributed by atoms with van der Waals surface area (Å²) in [6.07, 6.45) is 0. The molecule has 1 heterocycles. The lowest BCUT2D eigenvalue weighted by atomic mass is 10.1. The number of amides is 1. The molecule has 1 amide bonds. The quantitative estimate of drug-likeness (QED) is 0.823. The van der Waals surface area contributed by atoms with E-state index in [1.807, 2.05) is 0 Å². The number of aliphatic hydroxyl groups excluding tert-OH is 1. The van der Waals surface area contributed by atoms with Gasteiger partial charge in [-0.3, -0.25) is 9.59 Å². The molecule has 0 saturated carbocycles. The molecule has 0 aliphatic carbocycles. The third-order valence-corrected chi connectivity index (χ3v) is 2.97. The molecule has 18 heavy (non-hydrogen) atoms. The summed E-state index contributed by atoms with van der Waals surface area (Å²) < 4.78 is 13.9. The molecule has 0 fully saturated rings. The average Bonchev–Trinajstić information content (AvgIpc) is 2.54. The lowest BCUT2D eigenvalue weighted by molar-refractivity contribution is -0.114. The number of benzene rings is 1. The molecule has 0 spiro atoms. The van der Waals surface area contributed by atoms with E-state index < -0.39 is 17.5 Å². The normalized spacial score (nSPS) is 16.1. The van der Waals surface area contributed by atoms with E-state index in [0.29, 0.717) is 5.56 Å². The van der Waals surface area contributed by atoms with Crippen molar-refractivity contribution in [1.29, 1.82) is 0 Å². The van der Waals surface area contributed by atoms with Crippen LogP contribution in [0.2, 0.25) is 0 Å². The highest BCUT2D eigenvalue weighted by Gasteiger charge is 2.38. The second-order valence-electron chi connectivity index (χ2n) is 4.68. The Balaban J connectivity index is 2.48. The van der Waals surface area contributed by atoms with Gasteiger partial charge >= 0.3 is 0 Å². The molecular weight excluding hydrogens is 237 g/mol. The highest BCUT2D eigenvalue weighted by molar-refractivity contribution is 6.52. The Hall–Kier alpha value is -1.75. The van der Waals surface area contributed by atoms with E-state index >= 15 is 0 Å². The molecule has 0 radical (unpaired) electrons. The maximum absolute atomic E-state index is 13.9. The molecule has 2 rings (SSSR count). The fourth-order valence-corrected chi connectivity index (χ4v) is 2.06. The summed E-state index contributed by atoms with van der Waals surface area (Å²) in [5, 5.41) is 8.99. The first kappa shape index (κ1) is 12.7. The standard InChI is InChI=1S/C13H14FNO3/c1-7-3-9-11(10(14)4-7)15(5-8(2)6-16)13(18)12(9)17/h3-4,8,16H,5-6H2,1-2H3. The van der Waals surface area contributed by atoms with Crippen LogP contribution in [-0.2, 0) is 4.79 Å². The topological polar surface area (TPSA) is 57.6 Å². The summed E-state index contributed by atoms with van der Waals surface area (Å²) in [4.78, 5) is 24.7. The van der Waals surface area contributed by atoms with E-state index in [1.54, 1.807) is 13.8 Å². The molecule has 4 nitrogen and oxygen atoms in total. The molecule has 1 unspecified atom stereocenters. The summed E-state index contributed by atoms with van der Waals surface area (Å²) in [6, 6.07) is 2.81. The monoisotopic (exact) mass is 251 g/mol. The molecule has 1 aromatic carbocycles. The van der Waals surface area contributed by atoms with Crippen LogP contribution in [0.4, 0.5) is 10.1 Å². The van der Waals surface area contributed by atoms with Crippen LogP contribution in [0.1, 0.15) is 22.8 Å². The summed E-state index contributed by atoms with van der Waals surface area (Å²) in [6.45, 7) is 3.40. The SMILES string of the molecule is Cc1cc(F)c2c(c1)C(=O)C(=O)N2CC(C)CO. The predicted octanol–water partition coefficient (Wildman–Crippen LogP) is 1.29. The van der Waals surface area contributed by atoms with Crippen molar-refractivity contribution < 1.29 is 19.1 Å². The van der Waals surface area contributed by atoms with Crippen LogP contribution in [0.5, 0.6) is 0 Å². The van der Waals surface area contributed by atoms with Crippen LogP contribution >= 0.6 is 0 Å². The molecule has 0 bridgehead atoms. The summed E-state index contributed by atoms with van der Waals surface area (Å²) >= 11 is 0. The number of aryl methyl sites for hydroxylation is 1. The van der Waals surface area contributed by atoms with Crippen LogP contribution < -0.4 is 4.90 Å². The number of Topliss-reactive ketones (excluding diaryl/α,β-unsaturated/α-hetero) is 1. The number of ketones is 1. The highest BCUT2D eigenvalue weighted by atomic mass is 19.1. The van der Waals surface area contributed by atoms with Crippen LogP contribution in [-0.4, -0.2) is 29.9 Å². The third-order valence-electron chi connectivity index (χ3n) is 2.97. The highest BCUT2D eigenvalue weighted by Crippen LogP contribution is 2.33. The van der Waals surface area contributed by atoms with Gasteiger partial charge in [0.2, 0.25) is 0 Å². The van der Waals surface area contributed by atoms with Gasteiger partial charge in [0.25, 0.3) is 11.7 Å². The molecule has 1 N–H and O–H groups in total. The second kappa shape index (κ2) is 4.49. The first-order valence-electron chi connectivity index (χ1n) is 5.73. The third kappa shape index (κ3) is 1.90. The number of halogens is 1. The molecule has 1 aliphatic heterocycles. The van der Waals surface area contributed by atoms with Crippen LogP contribution in [0.25, 0.3) is 0 Å². The van der Waals surface area contributed by atoms with E-state index in [0.717, 1.165) is 4.90 Å². The number of nitrogens with zero attached hydrogens (tertiary/aromatic N) is 1. The Labute approximate surface area is 104 Å². The molecule has 1 aromatic rings. The fraction of sp³-hybridized carbons (Fsp3) is 0.385. The first-order chi connectivity index (χ1) is 8.45. The number of anilines is 1. The summed E-state index contributed by atoms with van der Waals surface area (Å²) in [5.74, 6) is -2.20. The van der Waals surface area contributed by atoms with E-state index in [4.69, 9.17) is 5.11 Å². The van der Waals surface area contributed by atoms with Gasteiger partial charge in [-0.05, 0) is 30.5 Å². The van der Waals surface area contributed by atoms with Crippen molar-refractivity contribution in [3.05, 3.63) is 29.1 Å². The number of carbonyl (C=O) groups excluding carboxylic acids is 2. The molecule has 0 aromatic heterocycles. The predicted molar refractivity (Wildman–Crippen MR) is 64.1 cm³/mol. The van der Waals surface area contributed by atoms with Gasteiger partial charge in [0.1, 0.15) is 5.82 Å². The van der Waals surface area contributed by atoms with Crippen molar-refractivity contribution >= 4 is 17.4 Å². The largest absolute Gasteiger partial charge is 0.396 e. The van der Waals surface area contributed by atoms with Crippen LogP contribution in [0.3, 0.4) is 0 Å². The number of aliphatic hydroxyl groups is 1. The minimum atomic E-state index is -0.727. The van der Waals surface area contributed by atoms with Gasteiger partial charge < -0.3 is 10.0 Å². The number of hydrogen-bond acceptors (Lipinski definition) is 3. The van der Waals surface area contributed by atoms with Gasteiger partial charge in [-0.2, -0.15) is 0 Å². The number of hydrogen-bond donors (Lipinski definition) is 1. The van der Waals surface area contributed by atoms with Gasteiger partial charge in [-0.15, -0.1) is 0 Å². The average molecular weight is 251 g/mol. The van der Waals surface area contributed by atoms with E-state index in [2.05, 4.69) is 0 Å². The van der Waals surface area contributed by atoms with Crippen LogP contribution in [0, 0.1) is 18.7 Å². The molecule has 5 heteroatoms. The molecule has 96 valence electrons. The summed E-state index contributed by atoms with van der Waals surface area (Å²) in [7, 11) is 0. The Morgan fingerprint density at radius 1 is 1.39 bits per heavy atom. The van der Waals surface area contributed by atoms with Crippen molar-refractivity contribution in [2.45, 2.75) is 13.8 Å². The van der Waals surface area contributed by atoms with Crippen LogP contribution in [0.15, 0.2) is 12.1 Å². The Bertz CT molecular complexity index is 527. The molecule has 0 saturated heterocycles. The van der Waals surface area contributed by atoms with Gasteiger partial charge in [0, 0.05) is 13.2 Å². The minimum Gasteiger partial charge on any atom is -0.396 e. The zero-order chi connectivity index (χ0) is 13.4. The maximum Gasteiger partial charge on any atom is 0.299 e. The van der Waals surface area contributed by atoms with Gasteiger partial charge in [-0.1, -0.05) is 6.92 Å². The number of rotatable bonds is 3.